The Hall–Kier alpha value is -3.03. The van der Waals surface area contributed by atoms with Crippen LogP contribution < -0.4 is 20.1 Å². The molecule has 1 saturated heterocycles. The van der Waals surface area contributed by atoms with Crippen LogP contribution in [0.2, 0.25) is 0 Å². The molecule has 190 valence electrons. The Morgan fingerprint density at radius 3 is 2.64 bits per heavy atom. The summed E-state index contributed by atoms with van der Waals surface area (Å²) in [5.74, 6) is 2.45. The minimum Gasteiger partial charge on any atom is -0.493 e. The first kappa shape index (κ1) is 24.7. The van der Waals surface area contributed by atoms with Gasteiger partial charge in [-0.25, -0.2) is 0 Å². The number of hydrogen-bond acceptors (Lipinski definition) is 5. The second kappa shape index (κ2) is 10.9. The molecule has 2 N–H and O–H groups in total. The van der Waals surface area contributed by atoms with Crippen molar-refractivity contribution < 1.29 is 13.9 Å². The molecule has 6 nitrogen and oxygen atoms in total. The number of likely N-dealkylation sites (tertiary alicyclic amines) is 1. The van der Waals surface area contributed by atoms with Crippen molar-refractivity contribution in [3.63, 3.8) is 0 Å². The van der Waals surface area contributed by atoms with Crippen LogP contribution >= 0.6 is 12.2 Å². The number of hydrogen-bond donors (Lipinski definition) is 2. The molecule has 2 heterocycles. The molecule has 1 saturated carbocycles. The van der Waals surface area contributed by atoms with Gasteiger partial charge in [-0.15, -0.1) is 0 Å². The lowest BCUT2D eigenvalue weighted by atomic mass is 9.65. The van der Waals surface area contributed by atoms with Crippen molar-refractivity contribution in [3.05, 3.63) is 83.8 Å². The van der Waals surface area contributed by atoms with Gasteiger partial charge in [-0.1, -0.05) is 36.4 Å². The summed E-state index contributed by atoms with van der Waals surface area (Å²) < 4.78 is 16.6. The fraction of sp³-hybridized carbons (Fsp3) is 0.414. The van der Waals surface area contributed by atoms with Gasteiger partial charge in [0.25, 0.3) is 0 Å². The third-order valence-corrected chi connectivity index (χ3v) is 8.16. The summed E-state index contributed by atoms with van der Waals surface area (Å²) in [4.78, 5) is 2.67. The third kappa shape index (κ3) is 5.08. The molecular formula is C29H35N3O3S. The molecule has 36 heavy (non-hydrogen) atoms. The number of methoxy groups -OCH3 is 2. The van der Waals surface area contributed by atoms with Gasteiger partial charge in [0.15, 0.2) is 16.6 Å². The van der Waals surface area contributed by atoms with Crippen LogP contribution in [0.5, 0.6) is 11.5 Å². The minimum atomic E-state index is 0.0791. The molecule has 2 aliphatic rings. The summed E-state index contributed by atoms with van der Waals surface area (Å²) in [6, 6.07) is 21.8. The number of ether oxygens (including phenoxy) is 2. The van der Waals surface area contributed by atoms with Crippen molar-refractivity contribution in [1.29, 1.82) is 0 Å². The van der Waals surface area contributed by atoms with Crippen molar-refractivity contribution in [3.8, 4) is 11.5 Å². The summed E-state index contributed by atoms with van der Waals surface area (Å²) in [5.41, 5.74) is 2.78. The van der Waals surface area contributed by atoms with E-state index in [2.05, 4.69) is 64.1 Å². The summed E-state index contributed by atoms with van der Waals surface area (Å²) in [6.07, 6.45) is 6.00. The van der Waals surface area contributed by atoms with Crippen LogP contribution in [0, 0.1) is 0 Å². The lowest BCUT2D eigenvalue weighted by Crippen LogP contribution is -2.53. The summed E-state index contributed by atoms with van der Waals surface area (Å²) >= 11 is 5.64. The first-order valence-electron chi connectivity index (χ1n) is 12.7. The highest BCUT2D eigenvalue weighted by molar-refractivity contribution is 7.80. The SMILES string of the molecule is COc1ccc([C@@]23CC[C@@H](NC(=S)NCc4ccco4)C[C@@H]2N(Cc2ccccc2)CC3)cc1OC. The van der Waals surface area contributed by atoms with E-state index in [4.69, 9.17) is 26.1 Å². The van der Waals surface area contributed by atoms with Gasteiger partial charge in [0.1, 0.15) is 5.76 Å². The van der Waals surface area contributed by atoms with E-state index >= 15 is 0 Å². The molecule has 0 spiro atoms. The Morgan fingerprint density at radius 1 is 1.06 bits per heavy atom. The predicted octanol–water partition coefficient (Wildman–Crippen LogP) is 5.03. The molecule has 5 rings (SSSR count). The molecule has 2 aromatic carbocycles. The maximum absolute atomic E-state index is 5.68. The second-order valence-electron chi connectivity index (χ2n) is 9.83. The summed E-state index contributed by atoms with van der Waals surface area (Å²) in [6.45, 7) is 2.61. The third-order valence-electron chi connectivity index (χ3n) is 7.90. The number of benzene rings is 2. The number of furan rings is 1. The average molecular weight is 506 g/mol. The fourth-order valence-electron chi connectivity index (χ4n) is 6.08. The molecule has 0 bridgehead atoms. The van der Waals surface area contributed by atoms with Crippen LogP contribution in [0.3, 0.4) is 0 Å². The van der Waals surface area contributed by atoms with Gasteiger partial charge in [0.2, 0.25) is 0 Å². The fourth-order valence-corrected chi connectivity index (χ4v) is 6.32. The van der Waals surface area contributed by atoms with Gasteiger partial charge < -0.3 is 24.5 Å². The Morgan fingerprint density at radius 2 is 1.89 bits per heavy atom. The van der Waals surface area contributed by atoms with E-state index in [9.17, 15) is 0 Å². The number of nitrogens with one attached hydrogen (secondary N) is 2. The average Bonchev–Trinajstić information content (AvgIpc) is 3.56. The number of thiocarbonyl (C=S) groups is 1. The molecule has 0 radical (unpaired) electrons. The van der Waals surface area contributed by atoms with Crippen LogP contribution in [-0.4, -0.2) is 42.9 Å². The standard InChI is InChI=1S/C29H35N3O3S/c1-33-25-11-10-22(17-26(25)34-2)29-13-12-23(31-28(36)30-19-24-9-6-16-35-24)18-27(29)32(15-14-29)20-21-7-4-3-5-8-21/h3-11,16-17,23,27H,12-15,18-20H2,1-2H3,(H2,30,31,36)/t23-,27+,29+/m1/s1. The molecule has 3 atom stereocenters. The molecule has 1 aromatic heterocycles. The van der Waals surface area contributed by atoms with Crippen LogP contribution in [0.4, 0.5) is 0 Å². The molecule has 7 heteroatoms. The van der Waals surface area contributed by atoms with E-state index < -0.39 is 0 Å². The van der Waals surface area contributed by atoms with Crippen molar-refractivity contribution in [1.82, 2.24) is 15.5 Å². The van der Waals surface area contributed by atoms with Crippen molar-refractivity contribution in [2.75, 3.05) is 20.8 Å². The second-order valence-corrected chi connectivity index (χ2v) is 10.2. The Labute approximate surface area is 219 Å². The van der Waals surface area contributed by atoms with Gasteiger partial charge in [0, 0.05) is 24.0 Å². The smallest absolute Gasteiger partial charge is 0.166 e. The highest BCUT2D eigenvalue weighted by Gasteiger charge is 2.51. The molecule has 1 aliphatic heterocycles. The van der Waals surface area contributed by atoms with Gasteiger partial charge in [-0.05, 0) is 79.8 Å². The highest BCUT2D eigenvalue weighted by atomic mass is 32.1. The van der Waals surface area contributed by atoms with E-state index in [-0.39, 0.29) is 5.41 Å². The molecule has 0 amide bonds. The molecular weight excluding hydrogens is 470 g/mol. The number of fused-ring (bicyclic) bond motifs is 1. The molecule has 0 unspecified atom stereocenters. The van der Waals surface area contributed by atoms with Gasteiger partial charge in [-0.2, -0.15) is 0 Å². The van der Waals surface area contributed by atoms with Crippen molar-refractivity contribution >= 4 is 17.3 Å². The zero-order chi connectivity index (χ0) is 25.0. The Kier molecular flexibility index (Phi) is 7.48. The predicted molar refractivity (Wildman–Crippen MR) is 145 cm³/mol. The number of rotatable bonds is 8. The van der Waals surface area contributed by atoms with Crippen molar-refractivity contribution in [2.45, 2.75) is 56.3 Å². The Bertz CT molecular complexity index is 1150. The van der Waals surface area contributed by atoms with Crippen LogP contribution in [0.1, 0.15) is 42.6 Å². The van der Waals surface area contributed by atoms with E-state index in [0.717, 1.165) is 56.0 Å². The molecule has 3 aromatic rings. The van der Waals surface area contributed by atoms with Gasteiger partial charge in [-0.3, -0.25) is 4.90 Å². The zero-order valence-electron chi connectivity index (χ0n) is 21.0. The quantitative estimate of drug-likeness (QED) is 0.417. The summed E-state index contributed by atoms with van der Waals surface area (Å²) in [7, 11) is 3.40. The Balaban J connectivity index is 1.36. The maximum atomic E-state index is 5.68. The van der Waals surface area contributed by atoms with E-state index in [0.29, 0.717) is 23.7 Å². The normalized spacial score (nSPS) is 23.6. The number of nitrogens with zero attached hydrogens (tertiary/aromatic N) is 1. The van der Waals surface area contributed by atoms with E-state index in [1.54, 1.807) is 20.5 Å². The largest absolute Gasteiger partial charge is 0.493 e. The zero-order valence-corrected chi connectivity index (χ0v) is 21.9. The van der Waals surface area contributed by atoms with Crippen LogP contribution in [-0.2, 0) is 18.5 Å². The maximum Gasteiger partial charge on any atom is 0.166 e. The molecule has 1 aliphatic carbocycles. The van der Waals surface area contributed by atoms with E-state index in [1.165, 1.54) is 11.1 Å². The first-order chi connectivity index (χ1) is 17.6. The van der Waals surface area contributed by atoms with E-state index in [1.807, 2.05) is 12.1 Å². The highest BCUT2D eigenvalue weighted by Crippen LogP contribution is 2.50. The first-order valence-corrected chi connectivity index (χ1v) is 13.1. The van der Waals surface area contributed by atoms with Crippen LogP contribution in [0.15, 0.2) is 71.3 Å². The minimum absolute atomic E-state index is 0.0791. The van der Waals surface area contributed by atoms with Crippen LogP contribution in [0.25, 0.3) is 0 Å². The topological polar surface area (TPSA) is 58.9 Å². The molecule has 2 fully saturated rings. The van der Waals surface area contributed by atoms with Gasteiger partial charge in [0.05, 0.1) is 27.0 Å². The summed E-state index contributed by atoms with van der Waals surface area (Å²) in [5, 5.41) is 7.57. The van der Waals surface area contributed by atoms with Crippen molar-refractivity contribution in [2.24, 2.45) is 0 Å². The lowest BCUT2D eigenvalue weighted by Gasteiger charge is -2.46. The monoisotopic (exact) mass is 505 g/mol. The van der Waals surface area contributed by atoms with Gasteiger partial charge >= 0.3 is 0 Å². The lowest BCUT2D eigenvalue weighted by molar-refractivity contribution is 0.134.